The Morgan fingerprint density at radius 1 is 1.35 bits per heavy atom. The number of anilines is 1. The molecule has 1 heterocycles. The first-order valence-electron chi connectivity index (χ1n) is 7.71. The number of benzene rings is 1. The van der Waals surface area contributed by atoms with Crippen molar-refractivity contribution >= 4 is 5.69 Å². The van der Waals surface area contributed by atoms with E-state index >= 15 is 0 Å². The lowest BCUT2D eigenvalue weighted by Gasteiger charge is -2.30. The van der Waals surface area contributed by atoms with Gasteiger partial charge in [-0.15, -0.1) is 0 Å². The summed E-state index contributed by atoms with van der Waals surface area (Å²) < 4.78 is 14.4. The quantitative estimate of drug-likeness (QED) is 0.892. The van der Waals surface area contributed by atoms with Crippen molar-refractivity contribution in [2.45, 2.75) is 65.1 Å². The topological polar surface area (TPSA) is 15.3 Å². The smallest absolute Gasteiger partial charge is 0.146 e. The van der Waals surface area contributed by atoms with Crippen LogP contribution in [0.5, 0.6) is 0 Å². The van der Waals surface area contributed by atoms with Crippen LogP contribution in [-0.2, 0) is 6.54 Å². The molecule has 20 heavy (non-hydrogen) atoms. The van der Waals surface area contributed by atoms with Gasteiger partial charge in [-0.2, -0.15) is 0 Å². The molecule has 112 valence electrons. The molecule has 0 amide bonds. The average Bonchev–Trinajstić information content (AvgIpc) is 2.83. The summed E-state index contributed by atoms with van der Waals surface area (Å²) >= 11 is 0. The number of rotatable bonds is 4. The van der Waals surface area contributed by atoms with Crippen molar-refractivity contribution in [3.63, 3.8) is 0 Å². The summed E-state index contributed by atoms with van der Waals surface area (Å²) in [4.78, 5) is 2.27. The van der Waals surface area contributed by atoms with Crippen LogP contribution < -0.4 is 10.2 Å². The first-order chi connectivity index (χ1) is 9.42. The fraction of sp³-hybridized carbons (Fsp3) is 0.647. The molecule has 1 atom stereocenters. The molecule has 3 heteroatoms. The van der Waals surface area contributed by atoms with Crippen LogP contribution in [0.1, 0.15) is 52.5 Å². The van der Waals surface area contributed by atoms with Crippen LogP contribution in [0.15, 0.2) is 18.2 Å². The van der Waals surface area contributed by atoms with Crippen molar-refractivity contribution in [3.8, 4) is 0 Å². The van der Waals surface area contributed by atoms with E-state index in [4.69, 9.17) is 0 Å². The van der Waals surface area contributed by atoms with E-state index < -0.39 is 0 Å². The van der Waals surface area contributed by atoms with Crippen LogP contribution in [0.4, 0.5) is 10.1 Å². The van der Waals surface area contributed by atoms with Crippen LogP contribution in [0.25, 0.3) is 0 Å². The predicted molar refractivity (Wildman–Crippen MR) is 83.7 cm³/mol. The highest BCUT2D eigenvalue weighted by molar-refractivity contribution is 5.56. The molecule has 1 N–H and O–H groups in total. The van der Waals surface area contributed by atoms with Crippen molar-refractivity contribution in [1.29, 1.82) is 0 Å². The Labute approximate surface area is 122 Å². The third-order valence-electron chi connectivity index (χ3n) is 4.02. The zero-order valence-corrected chi connectivity index (χ0v) is 13.2. The van der Waals surface area contributed by atoms with Gasteiger partial charge in [-0.05, 0) is 51.7 Å². The summed E-state index contributed by atoms with van der Waals surface area (Å²) in [6.45, 7) is 10.3. The molecule has 0 aliphatic carbocycles. The molecule has 0 saturated carbocycles. The van der Waals surface area contributed by atoms with Crippen molar-refractivity contribution in [1.82, 2.24) is 5.32 Å². The van der Waals surface area contributed by atoms with E-state index in [9.17, 15) is 4.39 Å². The highest BCUT2D eigenvalue weighted by atomic mass is 19.1. The van der Waals surface area contributed by atoms with Crippen LogP contribution >= 0.6 is 0 Å². The van der Waals surface area contributed by atoms with Crippen molar-refractivity contribution in [2.75, 3.05) is 11.4 Å². The van der Waals surface area contributed by atoms with Gasteiger partial charge in [-0.1, -0.05) is 19.1 Å². The Bertz CT molecular complexity index is 451. The lowest BCUT2D eigenvalue weighted by Crippen LogP contribution is -2.36. The Morgan fingerprint density at radius 3 is 2.75 bits per heavy atom. The van der Waals surface area contributed by atoms with Gasteiger partial charge in [0.25, 0.3) is 0 Å². The summed E-state index contributed by atoms with van der Waals surface area (Å²) in [7, 11) is 0. The minimum atomic E-state index is -0.0847. The van der Waals surface area contributed by atoms with E-state index in [1.807, 2.05) is 12.1 Å². The van der Waals surface area contributed by atoms with E-state index in [-0.39, 0.29) is 11.4 Å². The molecule has 1 aromatic rings. The minimum absolute atomic E-state index is 0.0404. The molecule has 0 spiro atoms. The molecule has 0 aromatic heterocycles. The molecule has 1 saturated heterocycles. The molecule has 1 aliphatic rings. The zero-order valence-electron chi connectivity index (χ0n) is 13.2. The van der Waals surface area contributed by atoms with E-state index in [1.165, 1.54) is 12.8 Å². The predicted octanol–water partition coefficient (Wildman–Crippen LogP) is 4.09. The van der Waals surface area contributed by atoms with Gasteiger partial charge < -0.3 is 10.2 Å². The Hall–Kier alpha value is -1.09. The number of hydrogen-bond acceptors (Lipinski definition) is 2. The molecular formula is C17H27FN2. The fourth-order valence-corrected chi connectivity index (χ4v) is 2.94. The van der Waals surface area contributed by atoms with E-state index in [0.29, 0.717) is 12.6 Å². The SMILES string of the molecule is CCC1CCCN1c1c(F)cccc1CNC(C)(C)C. The Kier molecular flexibility index (Phi) is 4.69. The number of nitrogens with zero attached hydrogens (tertiary/aromatic N) is 1. The summed E-state index contributed by atoms with van der Waals surface area (Å²) in [6, 6.07) is 5.93. The fourth-order valence-electron chi connectivity index (χ4n) is 2.94. The zero-order chi connectivity index (χ0) is 14.8. The summed E-state index contributed by atoms with van der Waals surface area (Å²) in [5.74, 6) is -0.0847. The minimum Gasteiger partial charge on any atom is -0.366 e. The van der Waals surface area contributed by atoms with E-state index in [1.54, 1.807) is 6.07 Å². The van der Waals surface area contributed by atoms with E-state index in [0.717, 1.165) is 24.2 Å². The molecule has 0 bridgehead atoms. The van der Waals surface area contributed by atoms with Gasteiger partial charge in [0.2, 0.25) is 0 Å². The molecule has 1 aliphatic heterocycles. The largest absolute Gasteiger partial charge is 0.366 e. The number of hydrogen-bond donors (Lipinski definition) is 1. The monoisotopic (exact) mass is 278 g/mol. The van der Waals surface area contributed by atoms with Gasteiger partial charge in [0.05, 0.1) is 5.69 Å². The molecule has 1 aromatic carbocycles. The first kappa shape index (κ1) is 15.3. The second-order valence-electron chi connectivity index (χ2n) is 6.75. The van der Waals surface area contributed by atoms with Gasteiger partial charge in [0, 0.05) is 24.7 Å². The summed E-state index contributed by atoms with van der Waals surface area (Å²) in [6.07, 6.45) is 3.43. The summed E-state index contributed by atoms with van der Waals surface area (Å²) in [5, 5.41) is 3.47. The lowest BCUT2D eigenvalue weighted by atomic mass is 10.1. The number of halogens is 1. The maximum atomic E-state index is 14.4. The second-order valence-corrected chi connectivity index (χ2v) is 6.75. The molecule has 2 nitrogen and oxygen atoms in total. The van der Waals surface area contributed by atoms with Gasteiger partial charge in [0.15, 0.2) is 0 Å². The third kappa shape index (κ3) is 3.51. The Balaban J connectivity index is 2.26. The van der Waals surface area contributed by atoms with Gasteiger partial charge >= 0.3 is 0 Å². The highest BCUT2D eigenvalue weighted by Crippen LogP contribution is 2.32. The number of nitrogens with one attached hydrogen (secondary N) is 1. The van der Waals surface area contributed by atoms with E-state index in [2.05, 4.69) is 37.9 Å². The normalized spacial score (nSPS) is 19.6. The van der Waals surface area contributed by atoms with Crippen LogP contribution in [0.2, 0.25) is 0 Å². The molecule has 1 unspecified atom stereocenters. The van der Waals surface area contributed by atoms with Gasteiger partial charge in [-0.3, -0.25) is 0 Å². The lowest BCUT2D eigenvalue weighted by molar-refractivity contribution is 0.423. The molecule has 0 radical (unpaired) electrons. The van der Waals surface area contributed by atoms with Crippen molar-refractivity contribution < 1.29 is 4.39 Å². The van der Waals surface area contributed by atoms with Crippen molar-refractivity contribution in [3.05, 3.63) is 29.6 Å². The van der Waals surface area contributed by atoms with Gasteiger partial charge in [0.1, 0.15) is 5.82 Å². The highest BCUT2D eigenvalue weighted by Gasteiger charge is 2.27. The van der Waals surface area contributed by atoms with Crippen LogP contribution in [0, 0.1) is 5.82 Å². The van der Waals surface area contributed by atoms with Crippen molar-refractivity contribution in [2.24, 2.45) is 0 Å². The maximum absolute atomic E-state index is 14.4. The number of para-hydroxylation sites is 1. The first-order valence-corrected chi connectivity index (χ1v) is 7.71. The van der Waals surface area contributed by atoms with Crippen LogP contribution in [-0.4, -0.2) is 18.1 Å². The molecule has 2 rings (SSSR count). The maximum Gasteiger partial charge on any atom is 0.146 e. The average molecular weight is 278 g/mol. The van der Waals surface area contributed by atoms with Gasteiger partial charge in [-0.25, -0.2) is 4.39 Å². The molecule has 1 fully saturated rings. The summed E-state index contributed by atoms with van der Waals surface area (Å²) in [5.41, 5.74) is 1.92. The second kappa shape index (κ2) is 6.13. The standard InChI is InChI=1S/C17H27FN2/c1-5-14-9-7-11-20(14)16-13(8-6-10-15(16)18)12-19-17(2,3)4/h6,8,10,14,19H,5,7,9,11-12H2,1-4H3. The van der Waals surface area contributed by atoms with Crippen LogP contribution in [0.3, 0.4) is 0 Å². The Morgan fingerprint density at radius 2 is 2.10 bits per heavy atom. The third-order valence-corrected chi connectivity index (χ3v) is 4.02. The molecular weight excluding hydrogens is 251 g/mol.